The summed E-state index contributed by atoms with van der Waals surface area (Å²) in [5, 5.41) is 0. The fourth-order valence-electron chi connectivity index (χ4n) is 3.09. The van der Waals surface area contributed by atoms with E-state index in [1.165, 1.54) is 0 Å². The van der Waals surface area contributed by atoms with Crippen LogP contribution >= 0.6 is 0 Å². The second-order valence-electron chi connectivity index (χ2n) is 5.99. The van der Waals surface area contributed by atoms with Gasteiger partial charge in [0.25, 0.3) is 0 Å². The van der Waals surface area contributed by atoms with E-state index in [2.05, 4.69) is 4.90 Å². The number of rotatable bonds is 5. The van der Waals surface area contributed by atoms with Gasteiger partial charge in [-0.2, -0.15) is 0 Å². The van der Waals surface area contributed by atoms with Gasteiger partial charge in [0.05, 0.1) is 20.3 Å². The Labute approximate surface area is 136 Å². The quantitative estimate of drug-likeness (QED) is 0.835. The molecule has 1 aliphatic carbocycles. The molecule has 0 unspecified atom stereocenters. The third kappa shape index (κ3) is 3.20. The first kappa shape index (κ1) is 15.9. The number of hydrogen-bond acceptors (Lipinski definition) is 5. The molecule has 1 saturated heterocycles. The van der Waals surface area contributed by atoms with Crippen LogP contribution in [0.15, 0.2) is 29.5 Å². The maximum absolute atomic E-state index is 11.8. The van der Waals surface area contributed by atoms with Gasteiger partial charge in [-0.15, -0.1) is 0 Å². The van der Waals surface area contributed by atoms with Gasteiger partial charge in [0.1, 0.15) is 6.10 Å². The van der Waals surface area contributed by atoms with E-state index in [0.717, 1.165) is 42.2 Å². The highest BCUT2D eigenvalue weighted by atomic mass is 16.6. The minimum atomic E-state index is 0.0680. The van der Waals surface area contributed by atoms with Crippen molar-refractivity contribution in [3.8, 4) is 11.5 Å². The Balaban J connectivity index is 1.86. The molecule has 0 aromatic heterocycles. The molecule has 0 saturated carbocycles. The van der Waals surface area contributed by atoms with E-state index in [1.807, 2.05) is 32.2 Å². The molecule has 2 aliphatic rings. The van der Waals surface area contributed by atoms with E-state index >= 15 is 0 Å². The van der Waals surface area contributed by atoms with Crippen molar-refractivity contribution in [2.45, 2.75) is 32.3 Å². The Hall–Kier alpha value is -2.01. The maximum atomic E-state index is 11.8. The van der Waals surface area contributed by atoms with Gasteiger partial charge < -0.3 is 19.1 Å². The molecule has 0 amide bonds. The summed E-state index contributed by atoms with van der Waals surface area (Å²) < 4.78 is 16.8. The van der Waals surface area contributed by atoms with E-state index in [4.69, 9.17) is 14.2 Å². The number of carbonyl (C=O) groups is 1. The van der Waals surface area contributed by atoms with Crippen molar-refractivity contribution in [3.05, 3.63) is 29.5 Å². The molecular formula is C18H23NO4. The zero-order chi connectivity index (χ0) is 16.4. The molecular weight excluding hydrogens is 294 g/mol. The van der Waals surface area contributed by atoms with Crippen molar-refractivity contribution in [3.63, 3.8) is 0 Å². The van der Waals surface area contributed by atoms with Crippen LogP contribution in [0.25, 0.3) is 0 Å². The lowest BCUT2D eigenvalue weighted by atomic mass is 10.2. The van der Waals surface area contributed by atoms with Crippen LogP contribution in [0, 0.1) is 0 Å². The predicted molar refractivity (Wildman–Crippen MR) is 88.2 cm³/mol. The lowest BCUT2D eigenvalue weighted by molar-refractivity contribution is -0.114. The van der Waals surface area contributed by atoms with Crippen molar-refractivity contribution in [1.29, 1.82) is 0 Å². The second-order valence-corrected chi connectivity index (χ2v) is 5.99. The molecule has 124 valence electrons. The highest BCUT2D eigenvalue weighted by Crippen LogP contribution is 2.36. The van der Waals surface area contributed by atoms with Crippen LogP contribution < -0.4 is 14.4 Å². The molecule has 1 fully saturated rings. The van der Waals surface area contributed by atoms with E-state index < -0.39 is 0 Å². The molecule has 5 heteroatoms. The molecule has 1 atom stereocenters. The third-order valence-corrected chi connectivity index (χ3v) is 4.56. The van der Waals surface area contributed by atoms with Gasteiger partial charge in [-0.1, -0.05) is 0 Å². The Morgan fingerprint density at radius 3 is 2.70 bits per heavy atom. The van der Waals surface area contributed by atoms with Crippen LogP contribution in [0.2, 0.25) is 0 Å². The number of carbonyl (C=O) groups excluding carboxylic acids is 1. The van der Waals surface area contributed by atoms with Gasteiger partial charge in [0.15, 0.2) is 17.3 Å². The Bertz CT molecular complexity index is 632. The van der Waals surface area contributed by atoms with E-state index in [-0.39, 0.29) is 11.9 Å². The smallest absolute Gasteiger partial charge is 0.163 e. The van der Waals surface area contributed by atoms with E-state index in [0.29, 0.717) is 18.8 Å². The molecule has 5 nitrogen and oxygen atoms in total. The zero-order valence-corrected chi connectivity index (χ0v) is 13.9. The Kier molecular flexibility index (Phi) is 4.57. The molecule has 0 bridgehead atoms. The highest BCUT2D eigenvalue weighted by molar-refractivity contribution is 5.98. The van der Waals surface area contributed by atoms with Crippen molar-refractivity contribution >= 4 is 11.5 Å². The number of nitrogens with zero attached hydrogens (tertiary/aromatic N) is 1. The first-order valence-electron chi connectivity index (χ1n) is 7.99. The SMILES string of the molecule is COc1ccc(N(C)C2=C(C)C(=O)CC2)cc1O[C@@H]1CCOC1. The third-order valence-electron chi connectivity index (χ3n) is 4.56. The van der Waals surface area contributed by atoms with Gasteiger partial charge in [-0.3, -0.25) is 4.79 Å². The molecule has 23 heavy (non-hydrogen) atoms. The van der Waals surface area contributed by atoms with Crippen LogP contribution in [0.3, 0.4) is 0 Å². The van der Waals surface area contributed by atoms with Crippen molar-refractivity contribution in [1.82, 2.24) is 0 Å². The topological polar surface area (TPSA) is 48.0 Å². The number of methoxy groups -OCH3 is 1. The largest absolute Gasteiger partial charge is 0.493 e. The molecule has 3 rings (SSSR count). The average Bonchev–Trinajstić information content (AvgIpc) is 3.18. The summed E-state index contributed by atoms with van der Waals surface area (Å²) in [6.07, 6.45) is 2.35. The number of allylic oxidation sites excluding steroid dienone is 2. The molecule has 0 spiro atoms. The number of benzene rings is 1. The molecule has 1 aromatic rings. The lowest BCUT2D eigenvalue weighted by Crippen LogP contribution is -2.18. The van der Waals surface area contributed by atoms with Crippen LogP contribution in [-0.4, -0.2) is 39.3 Å². The average molecular weight is 317 g/mol. The molecule has 0 N–H and O–H groups in total. The standard InChI is InChI=1S/C18H23NO4/c1-12-15(5-6-16(12)20)19(2)13-4-7-17(21-3)18(10-13)23-14-8-9-22-11-14/h4,7,10,14H,5-6,8-9,11H2,1-3H3/t14-/m1/s1. The number of Topliss-reactive ketones (excluding diaryl/α,β-unsaturated/α-hetero) is 1. The Morgan fingerprint density at radius 2 is 2.09 bits per heavy atom. The van der Waals surface area contributed by atoms with Crippen LogP contribution in [-0.2, 0) is 9.53 Å². The summed E-state index contributed by atoms with van der Waals surface area (Å²) in [6, 6.07) is 5.86. The summed E-state index contributed by atoms with van der Waals surface area (Å²) in [6.45, 7) is 3.25. The molecule has 1 aromatic carbocycles. The van der Waals surface area contributed by atoms with Crippen LogP contribution in [0.1, 0.15) is 26.2 Å². The normalized spacial score (nSPS) is 21.0. The summed E-state index contributed by atoms with van der Waals surface area (Å²) in [5.41, 5.74) is 2.93. The van der Waals surface area contributed by atoms with Gasteiger partial charge in [-0.05, 0) is 25.5 Å². The first-order valence-corrected chi connectivity index (χ1v) is 7.99. The van der Waals surface area contributed by atoms with Gasteiger partial charge in [0, 0.05) is 42.9 Å². The number of hydrogen-bond donors (Lipinski definition) is 0. The maximum Gasteiger partial charge on any atom is 0.163 e. The fourth-order valence-corrected chi connectivity index (χ4v) is 3.09. The van der Waals surface area contributed by atoms with E-state index in [1.54, 1.807) is 7.11 Å². The number of anilines is 1. The van der Waals surface area contributed by atoms with Crippen LogP contribution in [0.4, 0.5) is 5.69 Å². The van der Waals surface area contributed by atoms with Crippen molar-refractivity contribution < 1.29 is 19.0 Å². The highest BCUT2D eigenvalue weighted by Gasteiger charge is 2.24. The molecule has 1 heterocycles. The fraction of sp³-hybridized carbons (Fsp3) is 0.500. The zero-order valence-electron chi connectivity index (χ0n) is 13.9. The van der Waals surface area contributed by atoms with Crippen molar-refractivity contribution in [2.75, 3.05) is 32.3 Å². The first-order chi connectivity index (χ1) is 11.1. The van der Waals surface area contributed by atoms with Gasteiger partial charge in [0.2, 0.25) is 0 Å². The Morgan fingerprint density at radius 1 is 1.26 bits per heavy atom. The summed E-state index contributed by atoms with van der Waals surface area (Å²) in [7, 11) is 3.63. The number of ketones is 1. The lowest BCUT2D eigenvalue weighted by Gasteiger charge is -2.23. The van der Waals surface area contributed by atoms with Gasteiger partial charge >= 0.3 is 0 Å². The summed E-state index contributed by atoms with van der Waals surface area (Å²) in [4.78, 5) is 13.8. The minimum absolute atomic E-state index is 0.0680. The molecule has 1 aliphatic heterocycles. The summed E-state index contributed by atoms with van der Waals surface area (Å²) >= 11 is 0. The van der Waals surface area contributed by atoms with E-state index in [9.17, 15) is 4.79 Å². The van der Waals surface area contributed by atoms with Crippen molar-refractivity contribution in [2.24, 2.45) is 0 Å². The number of ether oxygens (including phenoxy) is 3. The minimum Gasteiger partial charge on any atom is -0.493 e. The van der Waals surface area contributed by atoms with Crippen LogP contribution in [0.5, 0.6) is 11.5 Å². The van der Waals surface area contributed by atoms with Gasteiger partial charge in [-0.25, -0.2) is 0 Å². The molecule has 0 radical (unpaired) electrons. The predicted octanol–water partition coefficient (Wildman–Crippen LogP) is 2.94. The second kappa shape index (κ2) is 6.62. The monoisotopic (exact) mass is 317 g/mol. The summed E-state index contributed by atoms with van der Waals surface area (Å²) in [5.74, 6) is 1.66.